The van der Waals surface area contributed by atoms with Crippen LogP contribution in [0, 0.1) is 0 Å². The molecule has 1 aromatic heterocycles. The van der Waals surface area contributed by atoms with Crippen molar-refractivity contribution in [2.45, 2.75) is 19.9 Å². The number of nitrogens with zero attached hydrogens (tertiary/aromatic N) is 3. The van der Waals surface area contributed by atoms with Crippen molar-refractivity contribution in [2.24, 2.45) is 5.73 Å². The summed E-state index contributed by atoms with van der Waals surface area (Å²) in [4.78, 5) is 26.3. The van der Waals surface area contributed by atoms with Gasteiger partial charge in [-0.15, -0.1) is 0 Å². The van der Waals surface area contributed by atoms with Gasteiger partial charge in [-0.25, -0.2) is 4.68 Å². The Labute approximate surface area is 169 Å². The molecule has 0 atom stereocenters. The third-order valence-electron chi connectivity index (χ3n) is 4.54. The van der Waals surface area contributed by atoms with Gasteiger partial charge in [-0.1, -0.05) is 18.2 Å². The molecule has 0 radical (unpaired) electrons. The SMILES string of the molecule is COc1ccc(-c2nn(-c3ccccc3)cc2C(=O)N(CC(N)=O)C(C)C)cc1. The van der Waals surface area contributed by atoms with Gasteiger partial charge in [-0.3, -0.25) is 9.59 Å². The standard InChI is InChI=1S/C22H24N4O3/c1-15(2)25(14-20(23)27)22(28)19-13-26(17-7-5-4-6-8-17)24-21(19)16-9-11-18(29-3)12-10-16/h4-13,15H,14H2,1-3H3,(H2,23,27). The number of benzene rings is 2. The van der Waals surface area contributed by atoms with E-state index in [0.29, 0.717) is 17.0 Å². The number of carbonyl (C=O) groups is 2. The highest BCUT2D eigenvalue weighted by molar-refractivity contribution is 6.01. The Balaban J connectivity index is 2.11. The minimum Gasteiger partial charge on any atom is -0.497 e. The van der Waals surface area contributed by atoms with Crippen molar-refractivity contribution in [3.8, 4) is 22.7 Å². The van der Waals surface area contributed by atoms with Crippen molar-refractivity contribution in [1.82, 2.24) is 14.7 Å². The quantitative estimate of drug-likeness (QED) is 0.669. The van der Waals surface area contributed by atoms with Gasteiger partial charge in [0, 0.05) is 17.8 Å². The van der Waals surface area contributed by atoms with Crippen LogP contribution in [0.1, 0.15) is 24.2 Å². The molecule has 0 saturated carbocycles. The lowest BCUT2D eigenvalue weighted by Gasteiger charge is -2.25. The molecule has 150 valence electrons. The fourth-order valence-corrected chi connectivity index (χ4v) is 3.02. The van der Waals surface area contributed by atoms with Crippen molar-refractivity contribution >= 4 is 11.8 Å². The number of primary amides is 1. The van der Waals surface area contributed by atoms with E-state index in [1.165, 1.54) is 4.90 Å². The number of hydrogen-bond acceptors (Lipinski definition) is 4. The molecule has 7 heteroatoms. The van der Waals surface area contributed by atoms with Gasteiger partial charge in [0.25, 0.3) is 5.91 Å². The van der Waals surface area contributed by atoms with Crippen LogP contribution in [0.4, 0.5) is 0 Å². The molecule has 0 aliphatic carbocycles. The zero-order chi connectivity index (χ0) is 21.0. The molecule has 0 saturated heterocycles. The first kappa shape index (κ1) is 20.1. The van der Waals surface area contributed by atoms with E-state index in [-0.39, 0.29) is 18.5 Å². The minimum absolute atomic E-state index is 0.158. The van der Waals surface area contributed by atoms with Crippen molar-refractivity contribution in [3.05, 3.63) is 66.4 Å². The topological polar surface area (TPSA) is 90.5 Å². The van der Waals surface area contributed by atoms with Crippen LogP contribution in [0.25, 0.3) is 16.9 Å². The van der Waals surface area contributed by atoms with Crippen molar-refractivity contribution in [2.75, 3.05) is 13.7 Å². The molecule has 0 unspecified atom stereocenters. The van der Waals surface area contributed by atoms with Crippen LogP contribution < -0.4 is 10.5 Å². The number of para-hydroxylation sites is 1. The highest BCUT2D eigenvalue weighted by atomic mass is 16.5. The molecule has 29 heavy (non-hydrogen) atoms. The fraction of sp³-hybridized carbons (Fsp3) is 0.227. The number of rotatable bonds is 7. The predicted octanol–water partition coefficient (Wildman–Crippen LogP) is 2.88. The molecule has 0 fully saturated rings. The molecular weight excluding hydrogens is 368 g/mol. The zero-order valence-corrected chi connectivity index (χ0v) is 16.7. The fourth-order valence-electron chi connectivity index (χ4n) is 3.02. The van der Waals surface area contributed by atoms with Gasteiger partial charge >= 0.3 is 0 Å². The number of nitrogens with two attached hydrogens (primary N) is 1. The number of aromatic nitrogens is 2. The maximum absolute atomic E-state index is 13.3. The highest BCUT2D eigenvalue weighted by Crippen LogP contribution is 2.27. The average Bonchev–Trinajstić information content (AvgIpc) is 3.17. The Hall–Kier alpha value is -3.61. The molecule has 2 N–H and O–H groups in total. The molecule has 1 heterocycles. The Morgan fingerprint density at radius 1 is 1.10 bits per heavy atom. The molecule has 0 bridgehead atoms. The summed E-state index contributed by atoms with van der Waals surface area (Å²) in [5.41, 5.74) is 7.87. The largest absolute Gasteiger partial charge is 0.497 e. The van der Waals surface area contributed by atoms with Crippen LogP contribution >= 0.6 is 0 Å². The van der Waals surface area contributed by atoms with E-state index >= 15 is 0 Å². The number of hydrogen-bond donors (Lipinski definition) is 1. The number of amides is 2. The molecule has 2 aromatic carbocycles. The second-order valence-corrected chi connectivity index (χ2v) is 6.89. The van der Waals surface area contributed by atoms with Crippen LogP contribution in [0.3, 0.4) is 0 Å². The monoisotopic (exact) mass is 392 g/mol. The van der Waals surface area contributed by atoms with Crippen molar-refractivity contribution in [3.63, 3.8) is 0 Å². The summed E-state index contributed by atoms with van der Waals surface area (Å²) in [5.74, 6) is -0.151. The normalized spacial score (nSPS) is 10.8. The Kier molecular flexibility index (Phi) is 5.97. The lowest BCUT2D eigenvalue weighted by atomic mass is 10.1. The first-order valence-electron chi connectivity index (χ1n) is 9.29. The van der Waals surface area contributed by atoms with E-state index < -0.39 is 5.91 Å². The summed E-state index contributed by atoms with van der Waals surface area (Å²) < 4.78 is 6.88. The van der Waals surface area contributed by atoms with Gasteiger partial charge in [0.05, 0.1) is 24.9 Å². The minimum atomic E-state index is -0.562. The van der Waals surface area contributed by atoms with Crippen molar-refractivity contribution in [1.29, 1.82) is 0 Å². The smallest absolute Gasteiger partial charge is 0.258 e. The Morgan fingerprint density at radius 3 is 2.31 bits per heavy atom. The lowest BCUT2D eigenvalue weighted by Crippen LogP contribution is -2.42. The van der Waals surface area contributed by atoms with Gasteiger partial charge in [-0.2, -0.15) is 5.10 Å². The van der Waals surface area contributed by atoms with Gasteiger partial charge in [-0.05, 0) is 50.2 Å². The van der Waals surface area contributed by atoms with Gasteiger partial charge in [0.2, 0.25) is 5.91 Å². The summed E-state index contributed by atoms with van der Waals surface area (Å²) in [6, 6.07) is 16.7. The van der Waals surface area contributed by atoms with Crippen LogP contribution in [-0.4, -0.2) is 46.2 Å². The van der Waals surface area contributed by atoms with E-state index in [1.54, 1.807) is 18.0 Å². The summed E-state index contributed by atoms with van der Waals surface area (Å²) in [5, 5.41) is 4.66. The maximum Gasteiger partial charge on any atom is 0.258 e. The molecule has 0 aliphatic rings. The van der Waals surface area contributed by atoms with E-state index in [9.17, 15) is 9.59 Å². The molecule has 3 rings (SSSR count). The van der Waals surface area contributed by atoms with E-state index in [2.05, 4.69) is 5.10 Å². The van der Waals surface area contributed by atoms with Gasteiger partial charge in [0.15, 0.2) is 0 Å². The van der Waals surface area contributed by atoms with Crippen LogP contribution in [-0.2, 0) is 4.79 Å². The van der Waals surface area contributed by atoms with E-state index in [1.807, 2.05) is 68.4 Å². The van der Waals surface area contributed by atoms with Crippen LogP contribution in [0.2, 0.25) is 0 Å². The number of methoxy groups -OCH3 is 1. The number of ether oxygens (including phenoxy) is 1. The van der Waals surface area contributed by atoms with Gasteiger partial charge in [0.1, 0.15) is 11.4 Å². The number of carbonyl (C=O) groups excluding carboxylic acids is 2. The van der Waals surface area contributed by atoms with E-state index in [0.717, 1.165) is 11.3 Å². The van der Waals surface area contributed by atoms with Crippen LogP contribution in [0.15, 0.2) is 60.8 Å². The van der Waals surface area contributed by atoms with Gasteiger partial charge < -0.3 is 15.4 Å². The Morgan fingerprint density at radius 2 is 1.76 bits per heavy atom. The third-order valence-corrected chi connectivity index (χ3v) is 4.54. The third kappa shape index (κ3) is 4.45. The molecule has 7 nitrogen and oxygen atoms in total. The molecule has 0 aliphatic heterocycles. The summed E-state index contributed by atoms with van der Waals surface area (Å²) in [7, 11) is 1.60. The average molecular weight is 392 g/mol. The van der Waals surface area contributed by atoms with Crippen LogP contribution in [0.5, 0.6) is 5.75 Å². The highest BCUT2D eigenvalue weighted by Gasteiger charge is 2.26. The molecule has 2 amide bonds. The predicted molar refractivity (Wildman–Crippen MR) is 111 cm³/mol. The summed E-state index contributed by atoms with van der Waals surface area (Å²) >= 11 is 0. The second kappa shape index (κ2) is 8.60. The van der Waals surface area contributed by atoms with E-state index in [4.69, 9.17) is 10.5 Å². The molecule has 3 aromatic rings. The molecule has 0 spiro atoms. The summed E-state index contributed by atoms with van der Waals surface area (Å²) in [6.45, 7) is 3.53. The Bertz CT molecular complexity index is 995. The van der Waals surface area contributed by atoms with Crippen molar-refractivity contribution < 1.29 is 14.3 Å². The molecular formula is C22H24N4O3. The second-order valence-electron chi connectivity index (χ2n) is 6.89. The first-order valence-corrected chi connectivity index (χ1v) is 9.29. The lowest BCUT2D eigenvalue weighted by molar-refractivity contribution is -0.119. The maximum atomic E-state index is 13.3. The summed E-state index contributed by atoms with van der Waals surface area (Å²) in [6.07, 6.45) is 1.69. The first-order chi connectivity index (χ1) is 13.9. The zero-order valence-electron chi connectivity index (χ0n) is 16.7.